The lowest BCUT2D eigenvalue weighted by Gasteiger charge is -1.90. The lowest BCUT2D eigenvalue weighted by molar-refractivity contribution is 0.1000. The quantitative estimate of drug-likeness (QED) is 0.680. The van der Waals surface area contributed by atoms with E-state index < -0.39 is 5.91 Å². The third-order valence-corrected chi connectivity index (χ3v) is 0.965. The van der Waals surface area contributed by atoms with Gasteiger partial charge in [-0.25, -0.2) is 0 Å². The fraction of sp³-hybridized carbons (Fsp3) is 0.333. The lowest BCUT2D eigenvalue weighted by Crippen LogP contribution is -2.10. The van der Waals surface area contributed by atoms with Crippen LogP contribution in [0.3, 0.4) is 0 Å². The highest BCUT2D eigenvalue weighted by Crippen LogP contribution is 1.91. The van der Waals surface area contributed by atoms with Gasteiger partial charge >= 0.3 is 0 Å². The molecule has 4 nitrogen and oxygen atoms in total. The standard InChI is InChI=1S/C6H6N2O.C3H9N/c7-6(9)5-1-3-8-4-2-5;1-4(2)3/h1-4H,(H2,7,9);1-3H3. The molecule has 1 aromatic heterocycles. The van der Waals surface area contributed by atoms with Crippen molar-refractivity contribution in [2.75, 3.05) is 21.1 Å². The number of hydrogen-bond acceptors (Lipinski definition) is 3. The Kier molecular flexibility index (Phi) is 5.47. The Morgan fingerprint density at radius 3 is 1.92 bits per heavy atom. The van der Waals surface area contributed by atoms with Gasteiger partial charge in [-0.2, -0.15) is 0 Å². The second-order valence-electron chi connectivity index (χ2n) is 2.94. The van der Waals surface area contributed by atoms with E-state index in [1.807, 2.05) is 26.0 Å². The van der Waals surface area contributed by atoms with Crippen LogP contribution in [0.2, 0.25) is 0 Å². The van der Waals surface area contributed by atoms with Gasteiger partial charge in [-0.15, -0.1) is 0 Å². The Labute approximate surface area is 78.4 Å². The first kappa shape index (κ1) is 11.6. The van der Waals surface area contributed by atoms with Gasteiger partial charge in [-0.1, -0.05) is 0 Å². The first-order valence-corrected chi connectivity index (χ1v) is 3.84. The van der Waals surface area contributed by atoms with Gasteiger partial charge in [0.2, 0.25) is 5.91 Å². The summed E-state index contributed by atoms with van der Waals surface area (Å²) in [6.07, 6.45) is 3.06. The molecule has 13 heavy (non-hydrogen) atoms. The first-order valence-electron chi connectivity index (χ1n) is 3.84. The normalized spacial score (nSPS) is 8.92. The van der Waals surface area contributed by atoms with Gasteiger partial charge in [-0.3, -0.25) is 9.78 Å². The van der Waals surface area contributed by atoms with E-state index in [-0.39, 0.29) is 0 Å². The van der Waals surface area contributed by atoms with Crippen LogP contribution in [0.25, 0.3) is 0 Å². The molecule has 0 bridgehead atoms. The van der Waals surface area contributed by atoms with Gasteiger partial charge < -0.3 is 10.6 Å². The molecule has 0 aromatic carbocycles. The van der Waals surface area contributed by atoms with Gasteiger partial charge in [0.25, 0.3) is 0 Å². The van der Waals surface area contributed by atoms with Crippen LogP contribution in [-0.2, 0) is 0 Å². The Morgan fingerprint density at radius 2 is 1.69 bits per heavy atom. The number of hydrogen-bond donors (Lipinski definition) is 1. The maximum absolute atomic E-state index is 10.4. The number of rotatable bonds is 1. The predicted octanol–water partition coefficient (Wildman–Crippen LogP) is 0.358. The van der Waals surface area contributed by atoms with E-state index >= 15 is 0 Å². The van der Waals surface area contributed by atoms with Crippen LogP contribution in [0.15, 0.2) is 24.5 Å². The minimum absolute atomic E-state index is 0.419. The molecule has 1 amide bonds. The number of pyridine rings is 1. The number of nitrogens with two attached hydrogens (primary N) is 1. The van der Waals surface area contributed by atoms with Crippen molar-refractivity contribution in [1.82, 2.24) is 9.88 Å². The molecule has 0 radical (unpaired) electrons. The largest absolute Gasteiger partial charge is 0.366 e. The lowest BCUT2D eigenvalue weighted by atomic mass is 10.3. The summed E-state index contributed by atoms with van der Waals surface area (Å²) in [5.41, 5.74) is 5.44. The summed E-state index contributed by atoms with van der Waals surface area (Å²) >= 11 is 0. The zero-order valence-corrected chi connectivity index (χ0v) is 8.19. The summed E-state index contributed by atoms with van der Waals surface area (Å²) in [5.74, 6) is -0.419. The molecule has 1 aromatic rings. The number of carbonyl (C=O) groups is 1. The molecule has 72 valence electrons. The molecule has 0 fully saturated rings. The summed E-state index contributed by atoms with van der Waals surface area (Å²) in [5, 5.41) is 0. The summed E-state index contributed by atoms with van der Waals surface area (Å²) in [4.78, 5) is 16.1. The van der Waals surface area contributed by atoms with Crippen molar-refractivity contribution in [2.24, 2.45) is 5.73 Å². The summed E-state index contributed by atoms with van der Waals surface area (Å²) in [6, 6.07) is 3.14. The average molecular weight is 181 g/mol. The topological polar surface area (TPSA) is 59.2 Å². The minimum Gasteiger partial charge on any atom is -0.366 e. The van der Waals surface area contributed by atoms with Gasteiger partial charge in [-0.05, 0) is 33.3 Å². The third kappa shape index (κ3) is 6.96. The highest BCUT2D eigenvalue weighted by atomic mass is 16.1. The summed E-state index contributed by atoms with van der Waals surface area (Å²) < 4.78 is 0. The van der Waals surface area contributed by atoms with Gasteiger partial charge in [0.05, 0.1) is 0 Å². The van der Waals surface area contributed by atoms with Gasteiger partial charge in [0.15, 0.2) is 0 Å². The maximum atomic E-state index is 10.4. The minimum atomic E-state index is -0.419. The second kappa shape index (κ2) is 6.14. The van der Waals surface area contributed by atoms with Crippen LogP contribution in [0.4, 0.5) is 0 Å². The molecule has 0 saturated heterocycles. The van der Waals surface area contributed by atoms with Gasteiger partial charge in [0, 0.05) is 18.0 Å². The number of primary amides is 1. The van der Waals surface area contributed by atoms with Crippen molar-refractivity contribution in [3.05, 3.63) is 30.1 Å². The molecule has 4 heteroatoms. The molecule has 1 rings (SSSR count). The molecule has 0 atom stereocenters. The maximum Gasteiger partial charge on any atom is 0.248 e. The molecule has 0 aliphatic carbocycles. The Morgan fingerprint density at radius 1 is 1.31 bits per heavy atom. The molecule has 0 aliphatic heterocycles. The molecular weight excluding hydrogens is 166 g/mol. The van der Waals surface area contributed by atoms with Crippen molar-refractivity contribution >= 4 is 5.91 Å². The van der Waals surface area contributed by atoms with Crippen LogP contribution < -0.4 is 5.73 Å². The number of carbonyl (C=O) groups excluding carboxylic acids is 1. The molecule has 0 aliphatic rings. The molecular formula is C9H15N3O. The fourth-order valence-electron chi connectivity index (χ4n) is 0.516. The smallest absolute Gasteiger partial charge is 0.248 e. The predicted molar refractivity (Wildman–Crippen MR) is 52.4 cm³/mol. The number of aromatic nitrogens is 1. The molecule has 0 unspecified atom stereocenters. The number of amides is 1. The summed E-state index contributed by atoms with van der Waals surface area (Å²) in [6.45, 7) is 0. The van der Waals surface area contributed by atoms with Gasteiger partial charge in [0.1, 0.15) is 0 Å². The van der Waals surface area contributed by atoms with Crippen molar-refractivity contribution < 1.29 is 4.79 Å². The van der Waals surface area contributed by atoms with E-state index in [0.717, 1.165) is 0 Å². The highest BCUT2D eigenvalue weighted by Gasteiger charge is 1.94. The van der Waals surface area contributed by atoms with Crippen LogP contribution in [0.1, 0.15) is 10.4 Å². The highest BCUT2D eigenvalue weighted by molar-refractivity contribution is 5.92. The fourth-order valence-corrected chi connectivity index (χ4v) is 0.516. The Bertz CT molecular complexity index is 244. The van der Waals surface area contributed by atoms with Crippen LogP contribution >= 0.6 is 0 Å². The van der Waals surface area contributed by atoms with Crippen molar-refractivity contribution in [2.45, 2.75) is 0 Å². The second-order valence-corrected chi connectivity index (χ2v) is 2.94. The van der Waals surface area contributed by atoms with E-state index in [2.05, 4.69) is 4.98 Å². The average Bonchev–Trinajstić information content (AvgIpc) is 2.05. The van der Waals surface area contributed by atoms with E-state index in [1.165, 1.54) is 12.4 Å². The third-order valence-electron chi connectivity index (χ3n) is 0.965. The summed E-state index contributed by atoms with van der Waals surface area (Å²) in [7, 11) is 6.00. The van der Waals surface area contributed by atoms with E-state index in [9.17, 15) is 4.79 Å². The zero-order chi connectivity index (χ0) is 10.3. The molecule has 2 N–H and O–H groups in total. The van der Waals surface area contributed by atoms with E-state index in [0.29, 0.717) is 5.56 Å². The SMILES string of the molecule is CN(C)C.NC(=O)c1ccncc1. The monoisotopic (exact) mass is 181 g/mol. The Hall–Kier alpha value is -1.42. The van der Waals surface area contributed by atoms with Crippen molar-refractivity contribution in [3.63, 3.8) is 0 Å². The molecule has 0 spiro atoms. The van der Waals surface area contributed by atoms with Crippen molar-refractivity contribution in [3.8, 4) is 0 Å². The van der Waals surface area contributed by atoms with Crippen LogP contribution in [0.5, 0.6) is 0 Å². The number of nitrogens with zero attached hydrogens (tertiary/aromatic N) is 2. The first-order chi connectivity index (χ1) is 6.04. The zero-order valence-electron chi connectivity index (χ0n) is 8.19. The molecule has 1 heterocycles. The van der Waals surface area contributed by atoms with E-state index in [1.54, 1.807) is 12.1 Å². The Balaban J connectivity index is 0.000000310. The molecule has 0 saturated carbocycles. The van der Waals surface area contributed by atoms with E-state index in [4.69, 9.17) is 5.73 Å². The van der Waals surface area contributed by atoms with Crippen LogP contribution in [-0.4, -0.2) is 36.9 Å². The van der Waals surface area contributed by atoms with Crippen LogP contribution in [0, 0.1) is 0 Å². The van der Waals surface area contributed by atoms with Crippen molar-refractivity contribution in [1.29, 1.82) is 0 Å².